The van der Waals surface area contributed by atoms with Crippen LogP contribution in [0.15, 0.2) is 18.2 Å². The van der Waals surface area contributed by atoms with E-state index in [1.807, 2.05) is 27.7 Å². The molecule has 11 heteroatoms. The van der Waals surface area contributed by atoms with Crippen molar-refractivity contribution in [2.75, 3.05) is 13.7 Å². The van der Waals surface area contributed by atoms with Gasteiger partial charge in [0.15, 0.2) is 5.69 Å². The van der Waals surface area contributed by atoms with E-state index < -0.39 is 58.5 Å². The topological polar surface area (TPSA) is 108 Å². The summed E-state index contributed by atoms with van der Waals surface area (Å²) >= 11 is 0. The number of hydrogen-bond acceptors (Lipinski definition) is 8. The van der Waals surface area contributed by atoms with Crippen LogP contribution in [-0.2, 0) is 25.0 Å². The third-order valence-electron chi connectivity index (χ3n) is 11.1. The number of hydrogen-bond donors (Lipinski definition) is 0. The Labute approximate surface area is 268 Å². The van der Waals surface area contributed by atoms with Crippen molar-refractivity contribution in [1.29, 1.82) is 0 Å². The zero-order valence-electron chi connectivity index (χ0n) is 27.6. The highest BCUT2D eigenvalue weighted by atomic mass is 19.3. The SMILES string of the molecule is COc1ccc2nc3c(nc2c1)O[C@H]1CN(C(=O)[C@H](C(C)(C)C)CC(=O)O[C@]2(C)CCC[C@H]2CCC2CC2C3(F)F)[C@H](C=O)[C@@H]1C. The summed E-state index contributed by atoms with van der Waals surface area (Å²) in [6, 6.07) is 3.99. The molecule has 8 atom stereocenters. The van der Waals surface area contributed by atoms with Gasteiger partial charge in [0.05, 0.1) is 43.1 Å². The van der Waals surface area contributed by atoms with Crippen molar-refractivity contribution in [2.45, 2.75) is 103 Å². The van der Waals surface area contributed by atoms with Crippen LogP contribution in [0.5, 0.6) is 11.6 Å². The van der Waals surface area contributed by atoms with E-state index in [2.05, 4.69) is 9.97 Å². The summed E-state index contributed by atoms with van der Waals surface area (Å²) in [4.78, 5) is 50.5. The number of nitrogens with zero attached hydrogens (tertiary/aromatic N) is 3. The summed E-state index contributed by atoms with van der Waals surface area (Å²) in [5.74, 6) is -6.34. The summed E-state index contributed by atoms with van der Waals surface area (Å²) in [6.07, 6.45) is 3.79. The molecule has 0 radical (unpaired) electrons. The molecule has 2 unspecified atom stereocenters. The fourth-order valence-corrected chi connectivity index (χ4v) is 7.98. The zero-order valence-corrected chi connectivity index (χ0v) is 27.6. The first-order valence-electron chi connectivity index (χ1n) is 16.5. The molecule has 0 spiro atoms. The predicted molar refractivity (Wildman–Crippen MR) is 165 cm³/mol. The fraction of sp³-hybridized carbons (Fsp3) is 0.686. The Kier molecular flexibility index (Phi) is 8.29. The van der Waals surface area contributed by atoms with Crippen LogP contribution in [0.1, 0.15) is 85.3 Å². The molecule has 1 aromatic heterocycles. The number of ether oxygens (including phenoxy) is 3. The molecule has 1 saturated heterocycles. The van der Waals surface area contributed by atoms with Crippen molar-refractivity contribution >= 4 is 29.2 Å². The number of halogens is 2. The monoisotopic (exact) mass is 641 g/mol. The van der Waals surface area contributed by atoms with Crippen LogP contribution in [0.2, 0.25) is 0 Å². The summed E-state index contributed by atoms with van der Waals surface area (Å²) in [5, 5.41) is 0. The lowest BCUT2D eigenvalue weighted by atomic mass is 9.77. The van der Waals surface area contributed by atoms with Gasteiger partial charge in [-0.2, -0.15) is 8.78 Å². The Hall–Kier alpha value is -3.37. The third kappa shape index (κ3) is 5.83. The summed E-state index contributed by atoms with van der Waals surface area (Å²) in [5.41, 5.74) is -1.24. The van der Waals surface area contributed by atoms with E-state index in [-0.39, 0.29) is 36.6 Å². The minimum atomic E-state index is -3.32. The number of alkyl halides is 2. The van der Waals surface area contributed by atoms with Gasteiger partial charge in [0.1, 0.15) is 23.7 Å². The Morgan fingerprint density at radius 2 is 1.87 bits per heavy atom. The molecule has 2 saturated carbocycles. The molecule has 2 bridgehead atoms. The average Bonchev–Trinajstić information content (AvgIpc) is 3.61. The molecule has 1 aromatic carbocycles. The minimum Gasteiger partial charge on any atom is -0.497 e. The lowest BCUT2D eigenvalue weighted by Gasteiger charge is -2.36. The van der Waals surface area contributed by atoms with Crippen LogP contribution in [-0.4, -0.2) is 64.4 Å². The van der Waals surface area contributed by atoms with Crippen molar-refractivity contribution in [1.82, 2.24) is 14.9 Å². The second-order valence-corrected chi connectivity index (χ2v) is 15.2. The first-order valence-corrected chi connectivity index (χ1v) is 16.5. The maximum absolute atomic E-state index is 16.5. The standard InChI is InChI=1S/C35H45F2N3O6/c1-19-27(18-41)40-17-28(19)45-31-30(38-25-12-11-22(44-6)15-26(25)39-31)35(36,37)23-14-20(23)9-10-21-8-7-13-34(21,5)46-29(42)16-24(32(40)43)33(2,3)4/h11-12,15,18-21,23-24,27-28H,7-10,13-14,16-17H2,1-6H3/t19-,20?,21-,23?,24+,27+,28-,34+/m0/s1. The van der Waals surface area contributed by atoms with E-state index in [0.29, 0.717) is 48.8 Å². The maximum atomic E-state index is 16.5. The molecular weight excluding hydrogens is 596 g/mol. The lowest BCUT2D eigenvalue weighted by Crippen LogP contribution is -2.47. The number of aldehydes is 1. The van der Waals surface area contributed by atoms with Crippen molar-refractivity contribution in [2.24, 2.45) is 35.0 Å². The van der Waals surface area contributed by atoms with E-state index in [1.165, 1.54) is 12.0 Å². The predicted octanol–water partition coefficient (Wildman–Crippen LogP) is 6.11. The van der Waals surface area contributed by atoms with Gasteiger partial charge >= 0.3 is 5.97 Å². The highest BCUT2D eigenvalue weighted by Crippen LogP contribution is 2.58. The molecule has 2 aliphatic carbocycles. The quantitative estimate of drug-likeness (QED) is 0.286. The molecule has 2 aliphatic heterocycles. The Morgan fingerprint density at radius 3 is 2.57 bits per heavy atom. The Bertz CT molecular complexity index is 1530. The van der Waals surface area contributed by atoms with Crippen molar-refractivity contribution < 1.29 is 37.4 Å². The first-order chi connectivity index (χ1) is 21.7. The summed E-state index contributed by atoms with van der Waals surface area (Å²) in [6.45, 7) is 9.33. The van der Waals surface area contributed by atoms with Crippen LogP contribution in [0.4, 0.5) is 8.78 Å². The zero-order chi connectivity index (χ0) is 33.2. The van der Waals surface area contributed by atoms with Gasteiger partial charge in [-0.05, 0) is 74.8 Å². The van der Waals surface area contributed by atoms with Crippen LogP contribution >= 0.6 is 0 Å². The van der Waals surface area contributed by atoms with E-state index in [0.717, 1.165) is 12.8 Å². The van der Waals surface area contributed by atoms with E-state index >= 15 is 8.78 Å². The Morgan fingerprint density at radius 1 is 1.11 bits per heavy atom. The molecule has 250 valence electrons. The number of methoxy groups -OCH3 is 1. The normalized spacial score (nSPS) is 34.8. The molecule has 9 nitrogen and oxygen atoms in total. The van der Waals surface area contributed by atoms with Crippen LogP contribution in [0.25, 0.3) is 11.0 Å². The molecule has 3 heterocycles. The smallest absolute Gasteiger partial charge is 0.307 e. The molecule has 1 amide bonds. The van der Waals surface area contributed by atoms with Gasteiger partial charge in [-0.25, -0.2) is 9.97 Å². The number of amides is 1. The molecule has 46 heavy (non-hydrogen) atoms. The second-order valence-electron chi connectivity index (χ2n) is 15.2. The van der Waals surface area contributed by atoms with E-state index in [9.17, 15) is 14.4 Å². The minimum absolute atomic E-state index is 0.0281. The van der Waals surface area contributed by atoms with Crippen molar-refractivity contribution in [3.8, 4) is 11.6 Å². The van der Waals surface area contributed by atoms with Gasteiger partial charge in [-0.1, -0.05) is 27.7 Å². The first kappa shape index (κ1) is 32.6. The number of benzene rings is 1. The van der Waals surface area contributed by atoms with Crippen LogP contribution < -0.4 is 9.47 Å². The molecule has 3 fully saturated rings. The largest absolute Gasteiger partial charge is 0.497 e. The number of carbonyl (C=O) groups excluding carboxylic acids is 3. The van der Waals surface area contributed by atoms with Crippen LogP contribution in [0.3, 0.4) is 0 Å². The van der Waals surface area contributed by atoms with E-state index in [4.69, 9.17) is 14.2 Å². The second kappa shape index (κ2) is 11.7. The van der Waals surface area contributed by atoms with Crippen molar-refractivity contribution in [3.05, 3.63) is 23.9 Å². The number of aromatic nitrogens is 2. The fourth-order valence-electron chi connectivity index (χ4n) is 7.98. The van der Waals surface area contributed by atoms with Gasteiger partial charge in [0, 0.05) is 17.9 Å². The van der Waals surface area contributed by atoms with Gasteiger partial charge in [0.2, 0.25) is 11.8 Å². The molecule has 6 rings (SSSR count). The lowest BCUT2D eigenvalue weighted by molar-refractivity contribution is -0.167. The molecule has 4 aliphatic rings. The average molecular weight is 642 g/mol. The van der Waals surface area contributed by atoms with Crippen molar-refractivity contribution in [3.63, 3.8) is 0 Å². The summed E-state index contributed by atoms with van der Waals surface area (Å²) < 4.78 is 50.7. The molecule has 2 aromatic rings. The number of fused-ring (bicyclic) bond motifs is 6. The maximum Gasteiger partial charge on any atom is 0.307 e. The van der Waals surface area contributed by atoms with E-state index in [1.54, 1.807) is 25.1 Å². The Balaban J connectivity index is 1.43. The highest BCUT2D eigenvalue weighted by Gasteiger charge is 2.59. The van der Waals surface area contributed by atoms with Crippen LogP contribution in [0, 0.1) is 35.0 Å². The van der Waals surface area contributed by atoms with Gasteiger partial charge in [0.25, 0.3) is 5.92 Å². The molecule has 0 N–H and O–H groups in total. The van der Waals surface area contributed by atoms with Gasteiger partial charge in [-0.15, -0.1) is 0 Å². The highest BCUT2D eigenvalue weighted by molar-refractivity contribution is 5.87. The number of rotatable bonds is 2. The van der Waals surface area contributed by atoms with Gasteiger partial charge < -0.3 is 23.9 Å². The number of esters is 1. The number of carbonyl (C=O) groups is 3. The summed E-state index contributed by atoms with van der Waals surface area (Å²) in [7, 11) is 1.50. The molecular formula is C35H45F2N3O6. The third-order valence-corrected chi connectivity index (χ3v) is 11.1. The van der Waals surface area contributed by atoms with Gasteiger partial charge in [-0.3, -0.25) is 9.59 Å².